The highest BCUT2D eigenvalue weighted by atomic mass is 32.1. The molecule has 6 heteroatoms. The number of carboxylic acid groups (broad SMARTS) is 1. The van der Waals surface area contributed by atoms with E-state index >= 15 is 0 Å². The molecule has 76 valence electrons. The summed E-state index contributed by atoms with van der Waals surface area (Å²) in [6.45, 7) is 0.202. The Morgan fingerprint density at radius 1 is 1.62 bits per heavy atom. The number of aliphatic hydroxyl groups excluding tert-OH is 1. The maximum Gasteiger partial charge on any atom is 0.303 e. The minimum atomic E-state index is -0.920. The Bertz CT molecular complexity index is 187. The van der Waals surface area contributed by atoms with Gasteiger partial charge in [-0.05, 0) is 12.2 Å². The average Bonchev–Trinajstić information content (AvgIpc) is 2.10. The fraction of sp³-hybridized carbons (Fsp3) is 0.714. The zero-order valence-electron chi connectivity index (χ0n) is 7.41. The van der Waals surface area contributed by atoms with Crippen molar-refractivity contribution in [3.8, 4) is 0 Å². The number of aliphatic hydroxyl groups is 1. The van der Waals surface area contributed by atoms with E-state index in [4.69, 9.17) is 22.4 Å². The van der Waals surface area contributed by atoms with Crippen molar-refractivity contribution < 1.29 is 15.0 Å². The smallest absolute Gasteiger partial charge is 0.303 e. The summed E-state index contributed by atoms with van der Waals surface area (Å²) in [5.74, 6) is -1.22. The molecule has 0 aliphatic carbocycles. The van der Waals surface area contributed by atoms with Gasteiger partial charge in [-0.3, -0.25) is 4.79 Å². The molecule has 4 N–H and O–H groups in total. The summed E-state index contributed by atoms with van der Waals surface area (Å²) in [6, 6.07) is 0. The molecule has 1 atom stereocenters. The molecule has 0 rings (SSSR count). The molecule has 0 aromatic carbocycles. The van der Waals surface area contributed by atoms with E-state index in [1.54, 1.807) is 7.05 Å². The number of rotatable bonds is 5. The van der Waals surface area contributed by atoms with Crippen LogP contribution in [0.2, 0.25) is 0 Å². The van der Waals surface area contributed by atoms with Crippen LogP contribution in [0, 0.1) is 5.92 Å². The Balaban J connectivity index is 3.71. The van der Waals surface area contributed by atoms with Crippen molar-refractivity contribution >= 4 is 23.3 Å². The SMILES string of the molecule is CNC(=S)NCC(CO)CC(=O)O. The molecular weight excluding hydrogens is 192 g/mol. The van der Waals surface area contributed by atoms with E-state index in [-0.39, 0.29) is 18.9 Å². The lowest BCUT2D eigenvalue weighted by Gasteiger charge is -2.13. The molecule has 0 fully saturated rings. The fourth-order valence-electron chi connectivity index (χ4n) is 0.774. The van der Waals surface area contributed by atoms with Gasteiger partial charge in [0, 0.05) is 26.1 Å². The van der Waals surface area contributed by atoms with Gasteiger partial charge in [-0.1, -0.05) is 0 Å². The van der Waals surface area contributed by atoms with Crippen LogP contribution in [0.15, 0.2) is 0 Å². The van der Waals surface area contributed by atoms with E-state index < -0.39 is 5.97 Å². The summed E-state index contributed by atoms with van der Waals surface area (Å²) in [6.07, 6.45) is -0.0597. The van der Waals surface area contributed by atoms with Gasteiger partial charge in [-0.15, -0.1) is 0 Å². The zero-order valence-corrected chi connectivity index (χ0v) is 8.23. The van der Waals surface area contributed by atoms with Crippen LogP contribution < -0.4 is 10.6 Å². The first-order chi connectivity index (χ1) is 6.10. The van der Waals surface area contributed by atoms with E-state index in [0.717, 1.165) is 0 Å². The van der Waals surface area contributed by atoms with Crippen molar-refractivity contribution in [2.24, 2.45) is 5.92 Å². The Morgan fingerprint density at radius 3 is 2.62 bits per heavy atom. The number of carboxylic acids is 1. The second-order valence-corrected chi connectivity index (χ2v) is 3.01. The van der Waals surface area contributed by atoms with Crippen molar-refractivity contribution in [3.63, 3.8) is 0 Å². The summed E-state index contributed by atoms with van der Waals surface area (Å²) < 4.78 is 0. The standard InChI is InChI=1S/C7H14N2O3S/c1-8-7(13)9-3-5(4-10)2-6(11)12/h5,10H,2-4H2,1H3,(H,11,12)(H2,8,9,13). The molecule has 0 radical (unpaired) electrons. The van der Waals surface area contributed by atoms with Crippen molar-refractivity contribution in [3.05, 3.63) is 0 Å². The van der Waals surface area contributed by atoms with Gasteiger partial charge in [0.15, 0.2) is 5.11 Å². The second-order valence-electron chi connectivity index (χ2n) is 2.61. The largest absolute Gasteiger partial charge is 0.481 e. The van der Waals surface area contributed by atoms with E-state index in [9.17, 15) is 4.79 Å². The second kappa shape index (κ2) is 6.62. The van der Waals surface area contributed by atoms with Crippen molar-refractivity contribution in [2.45, 2.75) is 6.42 Å². The van der Waals surface area contributed by atoms with Gasteiger partial charge < -0.3 is 20.8 Å². The number of carbonyl (C=O) groups is 1. The lowest BCUT2D eigenvalue weighted by atomic mass is 10.1. The molecule has 0 spiro atoms. The highest BCUT2D eigenvalue weighted by Gasteiger charge is 2.11. The highest BCUT2D eigenvalue weighted by Crippen LogP contribution is 1.99. The van der Waals surface area contributed by atoms with E-state index in [0.29, 0.717) is 11.7 Å². The van der Waals surface area contributed by atoms with E-state index in [2.05, 4.69) is 10.6 Å². The summed E-state index contributed by atoms with van der Waals surface area (Å²) in [5.41, 5.74) is 0. The van der Waals surface area contributed by atoms with Crippen LogP contribution in [0.1, 0.15) is 6.42 Å². The summed E-state index contributed by atoms with van der Waals surface area (Å²) in [7, 11) is 1.67. The van der Waals surface area contributed by atoms with Crippen molar-refractivity contribution in [2.75, 3.05) is 20.2 Å². The molecule has 0 heterocycles. The first-order valence-electron chi connectivity index (χ1n) is 3.88. The third-order valence-electron chi connectivity index (χ3n) is 1.50. The van der Waals surface area contributed by atoms with Crippen LogP contribution in [0.25, 0.3) is 0 Å². The van der Waals surface area contributed by atoms with Crippen LogP contribution in [0.3, 0.4) is 0 Å². The van der Waals surface area contributed by atoms with Crippen LogP contribution in [0.4, 0.5) is 0 Å². The summed E-state index contributed by atoms with van der Waals surface area (Å²) >= 11 is 4.78. The summed E-state index contributed by atoms with van der Waals surface area (Å²) in [4.78, 5) is 10.3. The monoisotopic (exact) mass is 206 g/mol. The zero-order chi connectivity index (χ0) is 10.3. The van der Waals surface area contributed by atoms with Crippen LogP contribution in [-0.2, 0) is 4.79 Å². The molecule has 0 saturated carbocycles. The Hall–Kier alpha value is -0.880. The molecule has 0 aliphatic heterocycles. The van der Waals surface area contributed by atoms with Gasteiger partial charge in [-0.2, -0.15) is 0 Å². The molecule has 0 saturated heterocycles. The maximum atomic E-state index is 10.3. The van der Waals surface area contributed by atoms with Crippen LogP contribution in [0.5, 0.6) is 0 Å². The molecule has 0 aromatic heterocycles. The van der Waals surface area contributed by atoms with Gasteiger partial charge in [-0.25, -0.2) is 0 Å². The van der Waals surface area contributed by atoms with E-state index in [1.807, 2.05) is 0 Å². The lowest BCUT2D eigenvalue weighted by molar-refractivity contribution is -0.138. The van der Waals surface area contributed by atoms with Gasteiger partial charge in [0.05, 0.1) is 6.42 Å². The molecule has 0 amide bonds. The van der Waals surface area contributed by atoms with Crippen molar-refractivity contribution in [1.29, 1.82) is 0 Å². The third kappa shape index (κ3) is 6.30. The van der Waals surface area contributed by atoms with Gasteiger partial charge in [0.1, 0.15) is 0 Å². The van der Waals surface area contributed by atoms with Crippen molar-refractivity contribution in [1.82, 2.24) is 10.6 Å². The molecule has 1 unspecified atom stereocenters. The van der Waals surface area contributed by atoms with Crippen LogP contribution >= 0.6 is 12.2 Å². The molecule has 5 nitrogen and oxygen atoms in total. The Kier molecular flexibility index (Phi) is 6.17. The minimum absolute atomic E-state index is 0.0597. The lowest BCUT2D eigenvalue weighted by Crippen LogP contribution is -2.37. The van der Waals surface area contributed by atoms with Gasteiger partial charge in [0.25, 0.3) is 0 Å². The van der Waals surface area contributed by atoms with Gasteiger partial charge in [0.2, 0.25) is 0 Å². The third-order valence-corrected chi connectivity index (χ3v) is 1.85. The number of hydrogen-bond donors (Lipinski definition) is 4. The predicted molar refractivity (Wildman–Crippen MR) is 52.5 cm³/mol. The van der Waals surface area contributed by atoms with Crippen LogP contribution in [-0.4, -0.2) is 41.5 Å². The number of thiocarbonyl (C=S) groups is 1. The first-order valence-corrected chi connectivity index (χ1v) is 4.29. The molecule has 0 bridgehead atoms. The first kappa shape index (κ1) is 12.1. The number of nitrogens with one attached hydrogen (secondary N) is 2. The predicted octanol–water partition coefficient (Wildman–Crippen LogP) is -0.837. The number of hydrogen-bond acceptors (Lipinski definition) is 3. The summed E-state index contributed by atoms with van der Waals surface area (Å²) in [5, 5.41) is 23.2. The average molecular weight is 206 g/mol. The Morgan fingerprint density at radius 2 is 2.23 bits per heavy atom. The number of aliphatic carboxylic acids is 1. The highest BCUT2D eigenvalue weighted by molar-refractivity contribution is 7.80. The normalized spacial score (nSPS) is 11.8. The molecule has 13 heavy (non-hydrogen) atoms. The topological polar surface area (TPSA) is 81.6 Å². The quantitative estimate of drug-likeness (QED) is 0.439. The Labute approximate surface area is 82.1 Å². The fourth-order valence-corrected chi connectivity index (χ4v) is 0.857. The van der Waals surface area contributed by atoms with Gasteiger partial charge >= 0.3 is 5.97 Å². The minimum Gasteiger partial charge on any atom is -0.481 e. The maximum absolute atomic E-state index is 10.3. The molecule has 0 aliphatic rings. The molecular formula is C7H14N2O3S. The van der Waals surface area contributed by atoms with E-state index in [1.165, 1.54) is 0 Å². The molecule has 0 aromatic rings.